The number of carbonyl (C=O) groups is 3. The van der Waals surface area contributed by atoms with Gasteiger partial charge in [0.1, 0.15) is 0 Å². The first-order valence-electron chi connectivity index (χ1n) is 10.5. The molecule has 0 aliphatic carbocycles. The molecule has 170 valence electrons. The molecular formula is C26H22N4O3S. The lowest BCUT2D eigenvalue weighted by Crippen LogP contribution is -2.28. The lowest BCUT2D eigenvalue weighted by molar-refractivity contribution is 0.0947. The number of nitrogens with one attached hydrogen (secondary N) is 2. The summed E-state index contributed by atoms with van der Waals surface area (Å²) in [6, 6.07) is 22.6. The summed E-state index contributed by atoms with van der Waals surface area (Å²) in [6.45, 7) is 0.300. The minimum atomic E-state index is -0.382. The number of thiophene rings is 1. The molecule has 0 saturated carbocycles. The molecule has 34 heavy (non-hydrogen) atoms. The van der Waals surface area contributed by atoms with Crippen LogP contribution in [-0.2, 0) is 6.54 Å². The van der Waals surface area contributed by atoms with E-state index in [0.29, 0.717) is 33.9 Å². The second-order valence-corrected chi connectivity index (χ2v) is 8.34. The zero-order chi connectivity index (χ0) is 23.9. The first kappa shape index (κ1) is 22.9. The van der Waals surface area contributed by atoms with Crippen LogP contribution in [-0.4, -0.2) is 29.8 Å². The van der Waals surface area contributed by atoms with E-state index in [-0.39, 0.29) is 17.7 Å². The molecule has 4 rings (SSSR count). The van der Waals surface area contributed by atoms with Gasteiger partial charge in [-0.2, -0.15) is 0 Å². The van der Waals surface area contributed by atoms with Gasteiger partial charge in [-0.3, -0.25) is 19.4 Å². The highest BCUT2D eigenvalue weighted by Gasteiger charge is 2.20. The lowest BCUT2D eigenvalue weighted by Gasteiger charge is -2.20. The van der Waals surface area contributed by atoms with Crippen molar-refractivity contribution in [1.82, 2.24) is 10.3 Å². The number of para-hydroxylation sites is 1. The molecule has 4 aromatic rings. The largest absolute Gasteiger partial charge is 0.346 e. The summed E-state index contributed by atoms with van der Waals surface area (Å²) in [4.78, 5) is 44.7. The van der Waals surface area contributed by atoms with Crippen LogP contribution in [0.25, 0.3) is 0 Å². The van der Waals surface area contributed by atoms with Crippen molar-refractivity contribution in [2.24, 2.45) is 0 Å². The third kappa shape index (κ3) is 5.36. The van der Waals surface area contributed by atoms with Gasteiger partial charge in [-0.15, -0.1) is 11.3 Å². The maximum atomic E-state index is 13.1. The Kier molecular flexibility index (Phi) is 7.10. The first-order valence-corrected chi connectivity index (χ1v) is 11.4. The molecule has 0 unspecified atom stereocenters. The Morgan fingerprint density at radius 2 is 1.74 bits per heavy atom. The smallest absolute Gasteiger partial charge is 0.268 e. The summed E-state index contributed by atoms with van der Waals surface area (Å²) in [5.41, 5.74) is 2.46. The topological polar surface area (TPSA) is 91.4 Å². The van der Waals surface area contributed by atoms with E-state index in [1.807, 2.05) is 29.6 Å². The second kappa shape index (κ2) is 10.5. The summed E-state index contributed by atoms with van der Waals surface area (Å²) < 4.78 is 0. The number of hydrogen-bond donors (Lipinski definition) is 2. The third-order valence-corrected chi connectivity index (χ3v) is 5.94. The van der Waals surface area contributed by atoms with Gasteiger partial charge in [0.15, 0.2) is 0 Å². The van der Waals surface area contributed by atoms with Gasteiger partial charge in [-0.25, -0.2) is 0 Å². The van der Waals surface area contributed by atoms with Crippen molar-refractivity contribution in [3.63, 3.8) is 0 Å². The van der Waals surface area contributed by atoms with Crippen LogP contribution in [0.3, 0.4) is 0 Å². The summed E-state index contributed by atoms with van der Waals surface area (Å²) in [6.07, 6.45) is 1.67. The molecule has 0 bridgehead atoms. The number of hydrogen-bond acceptors (Lipinski definition) is 5. The summed E-state index contributed by atoms with van der Waals surface area (Å²) in [5.74, 6) is -0.849. The maximum Gasteiger partial charge on any atom is 0.268 e. The van der Waals surface area contributed by atoms with Gasteiger partial charge in [-0.1, -0.05) is 30.3 Å². The van der Waals surface area contributed by atoms with E-state index in [4.69, 9.17) is 0 Å². The molecule has 0 saturated heterocycles. The van der Waals surface area contributed by atoms with Crippen LogP contribution in [0.1, 0.15) is 36.1 Å². The van der Waals surface area contributed by atoms with Crippen molar-refractivity contribution in [2.75, 3.05) is 17.3 Å². The average Bonchev–Trinajstić information content (AvgIpc) is 3.42. The van der Waals surface area contributed by atoms with Gasteiger partial charge in [0, 0.05) is 24.5 Å². The van der Waals surface area contributed by atoms with Crippen LogP contribution >= 0.6 is 11.3 Å². The SMILES string of the molecule is CN(C(=O)c1cccs1)c1ccccc1C(=O)Nc1cccc(C(=O)NCc2ccccn2)c1. The molecule has 0 fully saturated rings. The van der Waals surface area contributed by atoms with E-state index in [1.54, 1.807) is 67.8 Å². The highest BCUT2D eigenvalue weighted by Crippen LogP contribution is 2.24. The minimum Gasteiger partial charge on any atom is -0.346 e. The zero-order valence-electron chi connectivity index (χ0n) is 18.4. The van der Waals surface area contributed by atoms with Crippen molar-refractivity contribution in [3.05, 3.63) is 112 Å². The Hall–Kier alpha value is -4.30. The second-order valence-electron chi connectivity index (χ2n) is 7.40. The maximum absolute atomic E-state index is 13.1. The lowest BCUT2D eigenvalue weighted by atomic mass is 10.1. The van der Waals surface area contributed by atoms with Gasteiger partial charge in [0.25, 0.3) is 17.7 Å². The van der Waals surface area contributed by atoms with Crippen molar-refractivity contribution >= 4 is 40.4 Å². The molecule has 7 nitrogen and oxygen atoms in total. The summed E-state index contributed by atoms with van der Waals surface area (Å²) >= 11 is 1.34. The number of aromatic nitrogens is 1. The standard InChI is InChI=1S/C26H22N4O3S/c1-30(26(33)23-13-7-15-34-23)22-12-3-2-11-21(22)25(32)29-19-10-6-8-18(16-19)24(31)28-17-20-9-4-5-14-27-20/h2-16H,17H2,1H3,(H,28,31)(H,29,32). The monoisotopic (exact) mass is 470 g/mol. The minimum absolute atomic E-state index is 0.193. The molecule has 0 aliphatic heterocycles. The Morgan fingerprint density at radius 3 is 2.50 bits per heavy atom. The third-order valence-electron chi connectivity index (χ3n) is 5.09. The fraction of sp³-hybridized carbons (Fsp3) is 0.0769. The van der Waals surface area contributed by atoms with E-state index in [9.17, 15) is 14.4 Å². The number of pyridine rings is 1. The highest BCUT2D eigenvalue weighted by molar-refractivity contribution is 7.12. The molecule has 2 N–H and O–H groups in total. The van der Waals surface area contributed by atoms with Gasteiger partial charge < -0.3 is 15.5 Å². The first-order chi connectivity index (χ1) is 16.5. The molecule has 2 aromatic carbocycles. The Bertz CT molecular complexity index is 1310. The fourth-order valence-electron chi connectivity index (χ4n) is 3.35. The van der Waals surface area contributed by atoms with Crippen molar-refractivity contribution in [2.45, 2.75) is 6.54 Å². The average molecular weight is 471 g/mol. The van der Waals surface area contributed by atoms with Crippen LogP contribution in [0.4, 0.5) is 11.4 Å². The molecule has 3 amide bonds. The quantitative estimate of drug-likeness (QED) is 0.413. The van der Waals surface area contributed by atoms with Crippen LogP contribution < -0.4 is 15.5 Å². The highest BCUT2D eigenvalue weighted by atomic mass is 32.1. The van der Waals surface area contributed by atoms with Crippen LogP contribution in [0.5, 0.6) is 0 Å². The Morgan fingerprint density at radius 1 is 0.912 bits per heavy atom. The number of carbonyl (C=O) groups excluding carboxylic acids is 3. The predicted molar refractivity (Wildman–Crippen MR) is 133 cm³/mol. The van der Waals surface area contributed by atoms with Gasteiger partial charge in [-0.05, 0) is 53.9 Å². The number of benzene rings is 2. The van der Waals surface area contributed by atoms with E-state index in [1.165, 1.54) is 16.2 Å². The Labute approximate surface area is 201 Å². The normalized spacial score (nSPS) is 10.4. The molecule has 2 aromatic heterocycles. The molecule has 0 radical (unpaired) electrons. The summed E-state index contributed by atoms with van der Waals surface area (Å²) in [5, 5.41) is 7.48. The number of nitrogens with zero attached hydrogens (tertiary/aromatic N) is 2. The molecule has 2 heterocycles. The van der Waals surface area contributed by atoms with Crippen LogP contribution in [0.15, 0.2) is 90.4 Å². The van der Waals surface area contributed by atoms with Gasteiger partial charge in [0.2, 0.25) is 0 Å². The van der Waals surface area contributed by atoms with Gasteiger partial charge in [0.05, 0.1) is 28.4 Å². The van der Waals surface area contributed by atoms with E-state index in [0.717, 1.165) is 5.69 Å². The molecule has 0 aliphatic rings. The van der Waals surface area contributed by atoms with Crippen molar-refractivity contribution in [1.29, 1.82) is 0 Å². The van der Waals surface area contributed by atoms with E-state index < -0.39 is 0 Å². The Balaban J connectivity index is 1.47. The predicted octanol–water partition coefficient (Wildman–Crippen LogP) is 4.60. The van der Waals surface area contributed by atoms with Crippen LogP contribution in [0, 0.1) is 0 Å². The molecule has 0 spiro atoms. The molecular weight excluding hydrogens is 448 g/mol. The van der Waals surface area contributed by atoms with E-state index in [2.05, 4.69) is 15.6 Å². The van der Waals surface area contributed by atoms with Crippen molar-refractivity contribution in [3.8, 4) is 0 Å². The summed E-state index contributed by atoms with van der Waals surface area (Å²) in [7, 11) is 1.64. The molecule has 0 atom stereocenters. The zero-order valence-corrected chi connectivity index (χ0v) is 19.2. The van der Waals surface area contributed by atoms with Crippen molar-refractivity contribution < 1.29 is 14.4 Å². The van der Waals surface area contributed by atoms with E-state index >= 15 is 0 Å². The fourth-order valence-corrected chi connectivity index (χ4v) is 4.04. The van der Waals surface area contributed by atoms with Gasteiger partial charge >= 0.3 is 0 Å². The number of anilines is 2. The van der Waals surface area contributed by atoms with Crippen LogP contribution in [0.2, 0.25) is 0 Å². The number of amides is 3. The molecule has 8 heteroatoms. The number of rotatable bonds is 7.